The van der Waals surface area contributed by atoms with Gasteiger partial charge in [0.05, 0.1) is 28.2 Å². The minimum atomic E-state index is 0.506. The second-order valence-corrected chi connectivity index (χ2v) is 8.59. The molecule has 0 unspecified atom stereocenters. The lowest BCUT2D eigenvalue weighted by molar-refractivity contribution is 0.415. The van der Waals surface area contributed by atoms with E-state index in [2.05, 4.69) is 21.7 Å². The highest BCUT2D eigenvalue weighted by atomic mass is 35.5. The molecule has 1 fully saturated rings. The monoisotopic (exact) mass is 447 g/mol. The molecule has 1 aromatic carbocycles. The molecule has 2 N–H and O–H groups in total. The number of rotatable bonds is 7. The first-order chi connectivity index (χ1) is 14.5. The lowest BCUT2D eigenvalue weighted by Crippen LogP contribution is -2.30. The van der Waals surface area contributed by atoms with Crippen molar-refractivity contribution in [2.24, 2.45) is 0 Å². The summed E-state index contributed by atoms with van der Waals surface area (Å²) in [6.45, 7) is 5.62. The summed E-state index contributed by atoms with van der Waals surface area (Å²) in [6, 6.07) is 6.24. The summed E-state index contributed by atoms with van der Waals surface area (Å²) in [4.78, 5) is 9.34. The SMILES string of the molecule is COc1cc(Cl)c(-n2c(C)cc3c(NCCNC4CCCC4)nc(C)nc32)c(Cl)c1. The molecule has 8 heteroatoms. The van der Waals surface area contributed by atoms with Gasteiger partial charge in [0.2, 0.25) is 0 Å². The molecule has 2 aromatic heterocycles. The van der Waals surface area contributed by atoms with Crippen molar-refractivity contribution in [2.45, 2.75) is 45.6 Å². The number of benzene rings is 1. The number of aromatic nitrogens is 3. The maximum atomic E-state index is 6.57. The molecule has 160 valence electrons. The molecule has 4 rings (SSSR count). The third kappa shape index (κ3) is 4.22. The van der Waals surface area contributed by atoms with Crippen molar-refractivity contribution in [3.8, 4) is 11.4 Å². The number of nitrogens with one attached hydrogen (secondary N) is 2. The Morgan fingerprint density at radius 3 is 2.43 bits per heavy atom. The molecular weight excluding hydrogens is 421 g/mol. The number of hydrogen-bond donors (Lipinski definition) is 2. The van der Waals surface area contributed by atoms with Crippen molar-refractivity contribution >= 4 is 40.1 Å². The molecule has 0 spiro atoms. The highest BCUT2D eigenvalue weighted by molar-refractivity contribution is 6.38. The van der Waals surface area contributed by atoms with Crippen molar-refractivity contribution in [1.29, 1.82) is 0 Å². The average Bonchev–Trinajstić information content (AvgIpc) is 3.33. The fraction of sp³-hybridized carbons (Fsp3) is 0.455. The number of fused-ring (bicyclic) bond motifs is 1. The number of nitrogens with zero attached hydrogens (tertiary/aromatic N) is 3. The summed E-state index contributed by atoms with van der Waals surface area (Å²) in [5, 5.41) is 9.06. The third-order valence-corrected chi connectivity index (χ3v) is 6.19. The molecule has 1 aliphatic carbocycles. The zero-order valence-corrected chi connectivity index (χ0v) is 19.1. The summed E-state index contributed by atoms with van der Waals surface area (Å²) < 4.78 is 7.26. The van der Waals surface area contributed by atoms with E-state index in [1.54, 1.807) is 19.2 Å². The van der Waals surface area contributed by atoms with Gasteiger partial charge in [0.1, 0.15) is 17.4 Å². The van der Waals surface area contributed by atoms with Gasteiger partial charge in [-0.05, 0) is 32.8 Å². The van der Waals surface area contributed by atoms with Crippen LogP contribution in [0.4, 0.5) is 5.82 Å². The Bertz CT molecular complexity index is 1040. The predicted molar refractivity (Wildman–Crippen MR) is 124 cm³/mol. The number of aryl methyl sites for hydroxylation is 2. The summed E-state index contributed by atoms with van der Waals surface area (Å²) in [6.07, 6.45) is 5.23. The minimum absolute atomic E-state index is 0.506. The van der Waals surface area contributed by atoms with E-state index in [1.165, 1.54) is 25.7 Å². The van der Waals surface area contributed by atoms with E-state index < -0.39 is 0 Å². The van der Waals surface area contributed by atoms with Gasteiger partial charge in [0.15, 0.2) is 5.65 Å². The summed E-state index contributed by atoms with van der Waals surface area (Å²) in [7, 11) is 1.59. The van der Waals surface area contributed by atoms with Gasteiger partial charge in [0.25, 0.3) is 0 Å². The van der Waals surface area contributed by atoms with Crippen molar-refractivity contribution in [3.05, 3.63) is 39.8 Å². The third-order valence-electron chi connectivity index (χ3n) is 5.61. The summed E-state index contributed by atoms with van der Waals surface area (Å²) in [5.41, 5.74) is 2.45. The molecule has 1 aliphatic rings. The lowest BCUT2D eigenvalue weighted by atomic mass is 10.2. The Kier molecular flexibility index (Phi) is 6.37. The van der Waals surface area contributed by atoms with Crippen LogP contribution in [-0.2, 0) is 0 Å². The smallest absolute Gasteiger partial charge is 0.150 e. The van der Waals surface area contributed by atoms with Gasteiger partial charge in [-0.1, -0.05) is 36.0 Å². The Morgan fingerprint density at radius 2 is 1.77 bits per heavy atom. The van der Waals surface area contributed by atoms with Gasteiger partial charge in [0, 0.05) is 37.0 Å². The van der Waals surface area contributed by atoms with Gasteiger partial charge in [-0.3, -0.25) is 4.57 Å². The van der Waals surface area contributed by atoms with Crippen LogP contribution < -0.4 is 15.4 Å². The lowest BCUT2D eigenvalue weighted by Gasteiger charge is -2.15. The first kappa shape index (κ1) is 21.2. The molecule has 30 heavy (non-hydrogen) atoms. The number of ether oxygens (including phenoxy) is 1. The van der Waals surface area contributed by atoms with Gasteiger partial charge in [-0.2, -0.15) is 0 Å². The molecule has 3 aromatic rings. The average molecular weight is 448 g/mol. The zero-order chi connectivity index (χ0) is 21.3. The van der Waals surface area contributed by atoms with E-state index >= 15 is 0 Å². The molecule has 0 aliphatic heterocycles. The number of hydrogen-bond acceptors (Lipinski definition) is 5. The highest BCUT2D eigenvalue weighted by Gasteiger charge is 2.19. The molecular formula is C22H27Cl2N5O. The molecule has 0 bridgehead atoms. The predicted octanol–water partition coefficient (Wildman–Crippen LogP) is 5.30. The Morgan fingerprint density at radius 1 is 1.07 bits per heavy atom. The molecule has 0 atom stereocenters. The maximum Gasteiger partial charge on any atom is 0.150 e. The van der Waals surface area contributed by atoms with E-state index in [4.69, 9.17) is 32.9 Å². The van der Waals surface area contributed by atoms with Gasteiger partial charge >= 0.3 is 0 Å². The Balaban J connectivity index is 1.65. The fourth-order valence-corrected chi connectivity index (χ4v) is 4.82. The van der Waals surface area contributed by atoms with E-state index in [0.29, 0.717) is 33.3 Å². The van der Waals surface area contributed by atoms with Crippen LogP contribution in [0.3, 0.4) is 0 Å². The zero-order valence-electron chi connectivity index (χ0n) is 17.6. The van der Waals surface area contributed by atoms with Crippen molar-refractivity contribution in [2.75, 3.05) is 25.5 Å². The van der Waals surface area contributed by atoms with Crippen molar-refractivity contribution < 1.29 is 4.74 Å². The van der Waals surface area contributed by atoms with Gasteiger partial charge in [-0.25, -0.2) is 9.97 Å². The maximum absolute atomic E-state index is 6.57. The molecule has 0 radical (unpaired) electrons. The van der Waals surface area contributed by atoms with Crippen LogP contribution in [-0.4, -0.2) is 40.8 Å². The van der Waals surface area contributed by atoms with Crippen LogP contribution in [0.5, 0.6) is 5.75 Å². The second kappa shape index (κ2) is 9.00. The van der Waals surface area contributed by atoms with Gasteiger partial charge < -0.3 is 15.4 Å². The van der Waals surface area contributed by atoms with E-state index in [9.17, 15) is 0 Å². The topological polar surface area (TPSA) is 64.0 Å². The number of halogens is 2. The van der Waals surface area contributed by atoms with Crippen LogP contribution in [0.25, 0.3) is 16.7 Å². The van der Waals surface area contributed by atoms with Crippen LogP contribution in [0.15, 0.2) is 18.2 Å². The van der Waals surface area contributed by atoms with E-state index in [1.807, 2.05) is 18.4 Å². The minimum Gasteiger partial charge on any atom is -0.497 e. The standard InChI is InChI=1S/C22H27Cl2N5O/c1-13-10-17-21(26-9-8-25-15-6-4-5-7-15)27-14(2)28-22(17)29(13)20-18(23)11-16(30-3)12-19(20)24/h10-12,15,25H,4-9H2,1-3H3,(H,26,27,28). The first-order valence-electron chi connectivity index (χ1n) is 10.3. The van der Waals surface area contributed by atoms with E-state index in [0.717, 1.165) is 35.6 Å². The summed E-state index contributed by atoms with van der Waals surface area (Å²) in [5.74, 6) is 2.13. The molecule has 0 saturated heterocycles. The Hall–Kier alpha value is -2.02. The highest BCUT2D eigenvalue weighted by Crippen LogP contribution is 2.37. The molecule has 2 heterocycles. The Labute approximate surface area is 186 Å². The largest absolute Gasteiger partial charge is 0.497 e. The summed E-state index contributed by atoms with van der Waals surface area (Å²) >= 11 is 13.1. The number of anilines is 1. The molecule has 6 nitrogen and oxygen atoms in total. The molecule has 1 saturated carbocycles. The van der Waals surface area contributed by atoms with Crippen molar-refractivity contribution in [1.82, 2.24) is 19.9 Å². The first-order valence-corrected chi connectivity index (χ1v) is 11.1. The van der Waals surface area contributed by atoms with Crippen LogP contribution in [0, 0.1) is 13.8 Å². The number of methoxy groups -OCH3 is 1. The van der Waals surface area contributed by atoms with E-state index in [-0.39, 0.29) is 0 Å². The quantitative estimate of drug-likeness (QED) is 0.481. The molecule has 0 amide bonds. The van der Waals surface area contributed by atoms with Crippen LogP contribution in [0.2, 0.25) is 10.0 Å². The fourth-order valence-electron chi connectivity index (χ4n) is 4.19. The second-order valence-electron chi connectivity index (χ2n) is 7.78. The van der Waals surface area contributed by atoms with Crippen LogP contribution >= 0.6 is 23.2 Å². The van der Waals surface area contributed by atoms with Gasteiger partial charge in [-0.15, -0.1) is 0 Å². The van der Waals surface area contributed by atoms with Crippen molar-refractivity contribution in [3.63, 3.8) is 0 Å². The normalized spacial score (nSPS) is 14.6. The van der Waals surface area contributed by atoms with Crippen LogP contribution in [0.1, 0.15) is 37.2 Å².